The Hall–Kier alpha value is -2.82. The second-order valence-corrected chi connectivity index (χ2v) is 6.45. The fraction of sp³-hybridized carbons (Fsp3) is 0.333. The van der Waals surface area contributed by atoms with Crippen LogP contribution in [-0.2, 0) is 16.1 Å². The molecule has 1 N–H and O–H groups in total. The van der Waals surface area contributed by atoms with E-state index in [1.54, 1.807) is 4.90 Å². The minimum absolute atomic E-state index is 0.0212. The molecule has 1 heterocycles. The van der Waals surface area contributed by atoms with Gasteiger partial charge < -0.3 is 15.0 Å². The first-order valence-corrected chi connectivity index (χ1v) is 9.02. The molecule has 1 aliphatic heterocycles. The lowest BCUT2D eigenvalue weighted by Gasteiger charge is -2.17. The van der Waals surface area contributed by atoms with E-state index in [2.05, 4.69) is 12.2 Å². The first kappa shape index (κ1) is 18.0. The Bertz CT molecular complexity index is 744. The average Bonchev–Trinajstić information content (AvgIpc) is 3.07. The summed E-state index contributed by atoms with van der Waals surface area (Å²) in [7, 11) is 0. The molecular formula is C21H24N2O3. The summed E-state index contributed by atoms with van der Waals surface area (Å²) < 4.78 is 5.57. The zero-order valence-electron chi connectivity index (χ0n) is 15.0. The first-order valence-electron chi connectivity index (χ1n) is 9.02. The van der Waals surface area contributed by atoms with Gasteiger partial charge in [0.1, 0.15) is 5.75 Å². The van der Waals surface area contributed by atoms with Crippen LogP contribution in [0.5, 0.6) is 5.75 Å². The maximum Gasteiger partial charge on any atom is 0.227 e. The Morgan fingerprint density at radius 1 is 1.15 bits per heavy atom. The lowest BCUT2D eigenvalue weighted by atomic mass is 10.1. The fourth-order valence-corrected chi connectivity index (χ4v) is 3.00. The molecule has 136 valence electrons. The van der Waals surface area contributed by atoms with Crippen molar-refractivity contribution in [2.75, 3.05) is 18.1 Å². The van der Waals surface area contributed by atoms with E-state index >= 15 is 0 Å². The maximum absolute atomic E-state index is 12.4. The molecule has 0 spiro atoms. The third-order valence-corrected chi connectivity index (χ3v) is 4.43. The monoisotopic (exact) mass is 352 g/mol. The van der Waals surface area contributed by atoms with Crippen molar-refractivity contribution in [3.8, 4) is 5.75 Å². The van der Waals surface area contributed by atoms with Crippen molar-refractivity contribution in [3.63, 3.8) is 0 Å². The number of benzene rings is 2. The number of anilines is 1. The summed E-state index contributed by atoms with van der Waals surface area (Å²) in [6.45, 7) is 3.62. The SMILES string of the molecule is CCCOc1ccc(N2C[C@@H](C(=O)NCc3ccccc3)CC2=O)cc1. The Kier molecular flexibility index (Phi) is 5.89. The van der Waals surface area contributed by atoms with Gasteiger partial charge in [0, 0.05) is 25.2 Å². The molecule has 1 atom stereocenters. The quantitative estimate of drug-likeness (QED) is 0.833. The summed E-state index contributed by atoms with van der Waals surface area (Å²) in [6.07, 6.45) is 1.20. The van der Waals surface area contributed by atoms with Crippen molar-refractivity contribution in [2.24, 2.45) is 5.92 Å². The molecule has 0 bridgehead atoms. The molecule has 5 nitrogen and oxygen atoms in total. The second-order valence-electron chi connectivity index (χ2n) is 6.45. The molecule has 26 heavy (non-hydrogen) atoms. The highest BCUT2D eigenvalue weighted by atomic mass is 16.5. The number of rotatable bonds is 7. The molecule has 1 fully saturated rings. The van der Waals surface area contributed by atoms with Crippen LogP contribution >= 0.6 is 0 Å². The van der Waals surface area contributed by atoms with Crippen LogP contribution in [0.4, 0.5) is 5.69 Å². The standard InChI is InChI=1S/C21H24N2O3/c1-2-12-26-19-10-8-18(9-11-19)23-15-17(13-20(23)24)21(25)22-14-16-6-4-3-5-7-16/h3-11,17H,2,12-15H2,1H3,(H,22,25)/t17-/m0/s1. The van der Waals surface area contributed by atoms with Gasteiger partial charge in [-0.25, -0.2) is 0 Å². The van der Waals surface area contributed by atoms with Gasteiger partial charge in [0.15, 0.2) is 0 Å². The predicted molar refractivity (Wildman–Crippen MR) is 101 cm³/mol. The highest BCUT2D eigenvalue weighted by molar-refractivity contribution is 6.00. The Morgan fingerprint density at radius 2 is 1.88 bits per heavy atom. The average molecular weight is 352 g/mol. The lowest BCUT2D eigenvalue weighted by molar-refractivity contribution is -0.126. The van der Waals surface area contributed by atoms with E-state index in [4.69, 9.17) is 4.74 Å². The number of hydrogen-bond acceptors (Lipinski definition) is 3. The smallest absolute Gasteiger partial charge is 0.227 e. The molecule has 0 aliphatic carbocycles. The van der Waals surface area contributed by atoms with Gasteiger partial charge in [0.2, 0.25) is 11.8 Å². The van der Waals surface area contributed by atoms with Gasteiger partial charge in [-0.15, -0.1) is 0 Å². The van der Waals surface area contributed by atoms with Crippen LogP contribution in [0.1, 0.15) is 25.3 Å². The van der Waals surface area contributed by atoms with Crippen molar-refractivity contribution in [1.82, 2.24) is 5.32 Å². The number of hydrogen-bond donors (Lipinski definition) is 1. The Labute approximate surface area is 154 Å². The van der Waals surface area contributed by atoms with Gasteiger partial charge >= 0.3 is 0 Å². The fourth-order valence-electron chi connectivity index (χ4n) is 3.00. The molecule has 2 amide bonds. The number of carbonyl (C=O) groups is 2. The van der Waals surface area contributed by atoms with Crippen LogP contribution < -0.4 is 15.0 Å². The van der Waals surface area contributed by atoms with Gasteiger partial charge in [-0.05, 0) is 36.2 Å². The molecule has 0 unspecified atom stereocenters. The summed E-state index contributed by atoms with van der Waals surface area (Å²) in [5, 5.41) is 2.93. The maximum atomic E-state index is 12.4. The third-order valence-electron chi connectivity index (χ3n) is 4.43. The summed E-state index contributed by atoms with van der Waals surface area (Å²) in [4.78, 5) is 26.4. The molecule has 2 aromatic carbocycles. The minimum Gasteiger partial charge on any atom is -0.494 e. The van der Waals surface area contributed by atoms with Crippen LogP contribution in [0.25, 0.3) is 0 Å². The van der Waals surface area contributed by atoms with Crippen LogP contribution in [0.3, 0.4) is 0 Å². The van der Waals surface area contributed by atoms with Crippen molar-refractivity contribution in [2.45, 2.75) is 26.3 Å². The lowest BCUT2D eigenvalue weighted by Crippen LogP contribution is -2.32. The molecule has 5 heteroatoms. The molecule has 2 aromatic rings. The van der Waals surface area contributed by atoms with E-state index in [0.717, 1.165) is 23.4 Å². The van der Waals surface area contributed by atoms with Crippen LogP contribution in [0.15, 0.2) is 54.6 Å². The molecule has 0 saturated carbocycles. The van der Waals surface area contributed by atoms with Gasteiger partial charge in [-0.1, -0.05) is 37.3 Å². The van der Waals surface area contributed by atoms with Gasteiger partial charge in [-0.2, -0.15) is 0 Å². The molecule has 1 saturated heterocycles. The van der Waals surface area contributed by atoms with E-state index in [9.17, 15) is 9.59 Å². The van der Waals surface area contributed by atoms with E-state index in [0.29, 0.717) is 19.7 Å². The van der Waals surface area contributed by atoms with Crippen LogP contribution in [0.2, 0.25) is 0 Å². The van der Waals surface area contributed by atoms with Gasteiger partial charge in [0.05, 0.1) is 12.5 Å². The van der Waals surface area contributed by atoms with Gasteiger partial charge in [0.25, 0.3) is 0 Å². The van der Waals surface area contributed by atoms with Gasteiger partial charge in [-0.3, -0.25) is 9.59 Å². The highest BCUT2D eigenvalue weighted by Crippen LogP contribution is 2.27. The Balaban J connectivity index is 1.56. The minimum atomic E-state index is -0.317. The van der Waals surface area contributed by atoms with Crippen LogP contribution in [0, 0.1) is 5.92 Å². The van der Waals surface area contributed by atoms with E-state index in [-0.39, 0.29) is 24.2 Å². The summed E-state index contributed by atoms with van der Waals surface area (Å²) in [5.74, 6) is 0.376. The second kappa shape index (κ2) is 8.52. The van der Waals surface area contributed by atoms with E-state index in [1.165, 1.54) is 0 Å². The van der Waals surface area contributed by atoms with Crippen molar-refractivity contribution >= 4 is 17.5 Å². The summed E-state index contributed by atoms with van der Waals surface area (Å²) in [5.41, 5.74) is 1.85. The zero-order valence-corrected chi connectivity index (χ0v) is 15.0. The molecule has 3 rings (SSSR count). The summed E-state index contributed by atoms with van der Waals surface area (Å²) in [6, 6.07) is 17.2. The third kappa shape index (κ3) is 4.42. The molecule has 1 aliphatic rings. The molecule has 0 radical (unpaired) electrons. The van der Waals surface area contributed by atoms with Crippen molar-refractivity contribution < 1.29 is 14.3 Å². The number of nitrogens with zero attached hydrogens (tertiary/aromatic N) is 1. The number of nitrogens with one attached hydrogen (secondary N) is 1. The zero-order chi connectivity index (χ0) is 18.4. The number of carbonyl (C=O) groups excluding carboxylic acids is 2. The number of amides is 2. The normalized spacial score (nSPS) is 16.6. The van der Waals surface area contributed by atoms with Crippen molar-refractivity contribution in [3.05, 3.63) is 60.2 Å². The Morgan fingerprint density at radius 3 is 2.58 bits per heavy atom. The van der Waals surface area contributed by atoms with Crippen LogP contribution in [-0.4, -0.2) is 25.0 Å². The topological polar surface area (TPSA) is 58.6 Å². The van der Waals surface area contributed by atoms with Crippen molar-refractivity contribution in [1.29, 1.82) is 0 Å². The summed E-state index contributed by atoms with van der Waals surface area (Å²) >= 11 is 0. The van der Waals surface area contributed by atoms with E-state index in [1.807, 2.05) is 54.6 Å². The van der Waals surface area contributed by atoms with E-state index < -0.39 is 0 Å². The molecular weight excluding hydrogens is 328 g/mol. The predicted octanol–water partition coefficient (Wildman–Crippen LogP) is 3.14. The molecule has 0 aromatic heterocycles. The first-order chi connectivity index (χ1) is 12.7. The largest absolute Gasteiger partial charge is 0.494 e. The highest BCUT2D eigenvalue weighted by Gasteiger charge is 2.34. The number of ether oxygens (including phenoxy) is 1.